The first-order chi connectivity index (χ1) is 11.5. The summed E-state index contributed by atoms with van der Waals surface area (Å²) in [5.41, 5.74) is 2.69. The lowest BCUT2D eigenvalue weighted by Crippen LogP contribution is -2.22. The van der Waals surface area contributed by atoms with Crippen LogP contribution in [0.5, 0.6) is 0 Å². The van der Waals surface area contributed by atoms with Crippen LogP contribution in [0.2, 0.25) is 10.0 Å². The van der Waals surface area contributed by atoms with E-state index in [2.05, 4.69) is 29.4 Å². The number of hydrogen-bond acceptors (Lipinski definition) is 3. The van der Waals surface area contributed by atoms with Gasteiger partial charge in [-0.15, -0.1) is 0 Å². The average molecular weight is 366 g/mol. The van der Waals surface area contributed by atoms with Gasteiger partial charge in [0, 0.05) is 30.2 Å². The summed E-state index contributed by atoms with van der Waals surface area (Å²) in [6.45, 7) is 6.36. The fraction of sp³-hybridized carbons (Fsp3) is 0.278. The molecule has 2 aromatic rings. The molecule has 0 saturated carbocycles. The number of rotatable bonds is 7. The minimum atomic E-state index is -0.152. The third-order valence-corrected chi connectivity index (χ3v) is 4.39. The van der Waals surface area contributed by atoms with Crippen molar-refractivity contribution in [2.75, 3.05) is 35.2 Å². The van der Waals surface area contributed by atoms with Crippen LogP contribution in [-0.4, -0.2) is 25.5 Å². The highest BCUT2D eigenvalue weighted by molar-refractivity contribution is 6.42. The zero-order chi connectivity index (χ0) is 17.5. The van der Waals surface area contributed by atoms with Crippen LogP contribution in [0.15, 0.2) is 42.5 Å². The molecule has 0 spiro atoms. The largest absolute Gasteiger partial charge is 0.376 e. The molecule has 0 aromatic heterocycles. The zero-order valence-corrected chi connectivity index (χ0v) is 15.3. The minimum Gasteiger partial charge on any atom is -0.376 e. The Kier molecular flexibility index (Phi) is 6.76. The van der Waals surface area contributed by atoms with Crippen molar-refractivity contribution in [3.05, 3.63) is 52.5 Å². The van der Waals surface area contributed by atoms with Crippen LogP contribution >= 0.6 is 23.2 Å². The maximum atomic E-state index is 12.0. The van der Waals surface area contributed by atoms with Gasteiger partial charge < -0.3 is 15.5 Å². The number of carbonyl (C=O) groups is 1. The zero-order valence-electron chi connectivity index (χ0n) is 13.8. The lowest BCUT2D eigenvalue weighted by atomic mass is 10.2. The Balaban J connectivity index is 1.88. The Morgan fingerprint density at radius 1 is 0.958 bits per heavy atom. The topological polar surface area (TPSA) is 44.4 Å². The Morgan fingerprint density at radius 2 is 1.58 bits per heavy atom. The maximum absolute atomic E-state index is 12.0. The molecule has 0 heterocycles. The predicted octanol–water partition coefficient (Wildman–Crippen LogP) is 4.89. The normalized spacial score (nSPS) is 10.3. The number of benzene rings is 2. The van der Waals surface area contributed by atoms with Crippen molar-refractivity contribution in [2.24, 2.45) is 0 Å². The van der Waals surface area contributed by atoms with Crippen LogP contribution in [0.3, 0.4) is 0 Å². The van der Waals surface area contributed by atoms with Crippen molar-refractivity contribution in [1.82, 2.24) is 0 Å². The second-order valence-electron chi connectivity index (χ2n) is 5.25. The quantitative estimate of drug-likeness (QED) is 0.733. The molecule has 2 rings (SSSR count). The van der Waals surface area contributed by atoms with Crippen molar-refractivity contribution in [3.63, 3.8) is 0 Å². The second kappa shape index (κ2) is 8.81. The molecule has 0 aliphatic carbocycles. The first kappa shape index (κ1) is 18.4. The molecular formula is C18H21Cl2N3O. The van der Waals surface area contributed by atoms with E-state index in [1.54, 1.807) is 18.2 Å². The van der Waals surface area contributed by atoms with E-state index in [0.29, 0.717) is 15.7 Å². The summed E-state index contributed by atoms with van der Waals surface area (Å²) in [5.74, 6) is -0.152. The number of anilines is 3. The van der Waals surface area contributed by atoms with Crippen molar-refractivity contribution >= 4 is 46.2 Å². The third kappa shape index (κ3) is 5.05. The number of hydrogen-bond donors (Lipinski definition) is 2. The molecule has 128 valence electrons. The van der Waals surface area contributed by atoms with Crippen molar-refractivity contribution in [1.29, 1.82) is 0 Å². The van der Waals surface area contributed by atoms with Gasteiger partial charge in [-0.3, -0.25) is 4.79 Å². The van der Waals surface area contributed by atoms with Crippen molar-refractivity contribution in [2.45, 2.75) is 13.8 Å². The van der Waals surface area contributed by atoms with E-state index in [-0.39, 0.29) is 12.5 Å². The molecule has 0 saturated heterocycles. The van der Waals surface area contributed by atoms with Gasteiger partial charge in [0.1, 0.15) is 0 Å². The number of nitrogens with one attached hydrogen (secondary N) is 2. The third-order valence-electron chi connectivity index (χ3n) is 3.65. The summed E-state index contributed by atoms with van der Waals surface area (Å²) in [4.78, 5) is 14.3. The standard InChI is InChI=1S/C18H21Cl2N3O/c1-3-23(4-2)15-8-5-13(6-9-15)21-12-18(24)22-14-7-10-16(19)17(20)11-14/h5-11,21H,3-4,12H2,1-2H3,(H,22,24). The molecule has 4 nitrogen and oxygen atoms in total. The van der Waals surface area contributed by atoms with E-state index in [4.69, 9.17) is 23.2 Å². The van der Waals surface area contributed by atoms with E-state index < -0.39 is 0 Å². The molecule has 6 heteroatoms. The van der Waals surface area contributed by atoms with Gasteiger partial charge in [-0.05, 0) is 56.3 Å². The first-order valence-electron chi connectivity index (χ1n) is 7.87. The lowest BCUT2D eigenvalue weighted by Gasteiger charge is -2.21. The van der Waals surface area contributed by atoms with Gasteiger partial charge in [0.2, 0.25) is 5.91 Å². The molecule has 1 amide bonds. The molecule has 0 aliphatic heterocycles. The second-order valence-corrected chi connectivity index (χ2v) is 6.06. The molecule has 0 bridgehead atoms. The smallest absolute Gasteiger partial charge is 0.243 e. The molecule has 0 unspecified atom stereocenters. The Morgan fingerprint density at radius 3 is 2.17 bits per heavy atom. The number of nitrogens with zero attached hydrogens (tertiary/aromatic N) is 1. The van der Waals surface area contributed by atoms with Gasteiger partial charge in [-0.2, -0.15) is 0 Å². The SMILES string of the molecule is CCN(CC)c1ccc(NCC(=O)Nc2ccc(Cl)c(Cl)c2)cc1. The van der Waals surface area contributed by atoms with Gasteiger partial charge in [0.05, 0.1) is 16.6 Å². The van der Waals surface area contributed by atoms with Crippen LogP contribution in [0.25, 0.3) is 0 Å². The minimum absolute atomic E-state index is 0.152. The number of carbonyl (C=O) groups excluding carboxylic acids is 1. The van der Waals surface area contributed by atoms with Crippen molar-refractivity contribution in [3.8, 4) is 0 Å². The molecular weight excluding hydrogens is 345 g/mol. The van der Waals surface area contributed by atoms with Crippen molar-refractivity contribution < 1.29 is 4.79 Å². The van der Waals surface area contributed by atoms with Gasteiger partial charge in [-0.25, -0.2) is 0 Å². The Bertz CT molecular complexity index is 685. The highest BCUT2D eigenvalue weighted by atomic mass is 35.5. The van der Waals surface area contributed by atoms with Crippen LogP contribution < -0.4 is 15.5 Å². The molecule has 2 aromatic carbocycles. The van der Waals surface area contributed by atoms with Crippen LogP contribution in [0.1, 0.15) is 13.8 Å². The summed E-state index contributed by atoms with van der Waals surface area (Å²) in [6.07, 6.45) is 0. The van der Waals surface area contributed by atoms with E-state index in [9.17, 15) is 4.79 Å². The molecule has 24 heavy (non-hydrogen) atoms. The molecule has 2 N–H and O–H groups in total. The lowest BCUT2D eigenvalue weighted by molar-refractivity contribution is -0.114. The van der Waals surface area contributed by atoms with Crippen LogP contribution in [0, 0.1) is 0 Å². The average Bonchev–Trinajstić information content (AvgIpc) is 2.58. The Labute approximate surface area is 152 Å². The van der Waals surface area contributed by atoms with Gasteiger partial charge in [0.15, 0.2) is 0 Å². The van der Waals surface area contributed by atoms with Crippen LogP contribution in [0.4, 0.5) is 17.1 Å². The summed E-state index contributed by atoms with van der Waals surface area (Å²) < 4.78 is 0. The summed E-state index contributed by atoms with van der Waals surface area (Å²) in [7, 11) is 0. The summed E-state index contributed by atoms with van der Waals surface area (Å²) >= 11 is 11.8. The molecule has 0 atom stereocenters. The fourth-order valence-electron chi connectivity index (χ4n) is 2.34. The molecule has 0 radical (unpaired) electrons. The van der Waals surface area contributed by atoms with E-state index in [1.807, 2.05) is 24.3 Å². The first-order valence-corrected chi connectivity index (χ1v) is 8.62. The Hall–Kier alpha value is -1.91. The predicted molar refractivity (Wildman–Crippen MR) is 104 cm³/mol. The van der Waals surface area contributed by atoms with Gasteiger partial charge in [-0.1, -0.05) is 23.2 Å². The number of amides is 1. The van der Waals surface area contributed by atoms with E-state index in [1.165, 1.54) is 5.69 Å². The maximum Gasteiger partial charge on any atom is 0.243 e. The summed E-state index contributed by atoms with van der Waals surface area (Å²) in [5, 5.41) is 6.75. The van der Waals surface area contributed by atoms with E-state index in [0.717, 1.165) is 18.8 Å². The fourth-order valence-corrected chi connectivity index (χ4v) is 2.64. The van der Waals surface area contributed by atoms with E-state index >= 15 is 0 Å². The monoisotopic (exact) mass is 365 g/mol. The number of halogens is 2. The summed E-state index contributed by atoms with van der Waals surface area (Å²) in [6, 6.07) is 13.0. The highest BCUT2D eigenvalue weighted by Crippen LogP contribution is 2.25. The molecule has 0 fully saturated rings. The van der Waals surface area contributed by atoms with Gasteiger partial charge in [0.25, 0.3) is 0 Å². The van der Waals surface area contributed by atoms with Crippen LogP contribution in [-0.2, 0) is 4.79 Å². The molecule has 0 aliphatic rings. The highest BCUT2D eigenvalue weighted by Gasteiger charge is 2.05. The van der Waals surface area contributed by atoms with Gasteiger partial charge >= 0.3 is 0 Å².